The first-order chi connectivity index (χ1) is 10.1. The second-order valence-corrected chi connectivity index (χ2v) is 5.46. The molecule has 0 fully saturated rings. The van der Waals surface area contributed by atoms with Gasteiger partial charge >= 0.3 is 0 Å². The number of hydrogen-bond donors (Lipinski definition) is 2. The molecule has 21 heavy (non-hydrogen) atoms. The van der Waals surface area contributed by atoms with Gasteiger partial charge in [0.25, 0.3) is 5.56 Å². The van der Waals surface area contributed by atoms with Crippen molar-refractivity contribution in [2.24, 2.45) is 0 Å². The summed E-state index contributed by atoms with van der Waals surface area (Å²) >= 11 is 0. The van der Waals surface area contributed by atoms with Gasteiger partial charge in [-0.3, -0.25) is 9.36 Å². The van der Waals surface area contributed by atoms with Gasteiger partial charge in [-0.05, 0) is 18.2 Å². The highest BCUT2D eigenvalue weighted by Crippen LogP contribution is 2.25. The molecule has 1 aromatic carbocycles. The van der Waals surface area contributed by atoms with Gasteiger partial charge in [0.05, 0.1) is 40.6 Å². The number of likely N-dealkylation sites (N-methyl/N-ethyl adjacent to an activating group) is 1. The topological polar surface area (TPSA) is 64.3 Å². The van der Waals surface area contributed by atoms with Crippen LogP contribution in [0, 0.1) is 0 Å². The molecule has 2 N–H and O–H groups in total. The largest absolute Gasteiger partial charge is 0.497 e. The predicted molar refractivity (Wildman–Crippen MR) is 82.1 cm³/mol. The molecule has 3 rings (SSSR count). The summed E-state index contributed by atoms with van der Waals surface area (Å²) in [5.41, 5.74) is 2.11. The number of H-pyrrole nitrogens is 1. The third-order valence-electron chi connectivity index (χ3n) is 3.63. The van der Waals surface area contributed by atoms with E-state index in [9.17, 15) is 4.79 Å². The quantitative estimate of drug-likeness (QED) is 0.711. The zero-order chi connectivity index (χ0) is 15.0. The van der Waals surface area contributed by atoms with E-state index in [1.165, 1.54) is 4.90 Å². The van der Waals surface area contributed by atoms with E-state index in [0.29, 0.717) is 17.6 Å². The summed E-state index contributed by atoms with van der Waals surface area (Å²) in [5, 5.41) is 0.909. The van der Waals surface area contributed by atoms with Crippen molar-refractivity contribution in [1.82, 2.24) is 14.5 Å². The Hall–Kier alpha value is -2.34. The Morgan fingerprint density at radius 2 is 2.19 bits per heavy atom. The van der Waals surface area contributed by atoms with Crippen molar-refractivity contribution >= 4 is 21.9 Å². The lowest BCUT2D eigenvalue weighted by atomic mass is 10.2. The van der Waals surface area contributed by atoms with Crippen LogP contribution in [0.15, 0.2) is 29.3 Å². The van der Waals surface area contributed by atoms with Crippen LogP contribution in [0.3, 0.4) is 0 Å². The van der Waals surface area contributed by atoms with Gasteiger partial charge in [0.15, 0.2) is 0 Å². The fraction of sp³-hybridized carbons (Fsp3) is 0.333. The third kappa shape index (κ3) is 2.38. The number of aromatic amines is 1. The van der Waals surface area contributed by atoms with Gasteiger partial charge in [-0.15, -0.1) is 0 Å². The van der Waals surface area contributed by atoms with Crippen LogP contribution in [-0.2, 0) is 6.54 Å². The molecule has 2 aromatic heterocycles. The van der Waals surface area contributed by atoms with Gasteiger partial charge in [-0.2, -0.15) is 0 Å². The van der Waals surface area contributed by atoms with Gasteiger partial charge < -0.3 is 14.6 Å². The molecule has 6 heteroatoms. The molecule has 110 valence electrons. The average Bonchev–Trinajstić information content (AvgIpc) is 2.85. The summed E-state index contributed by atoms with van der Waals surface area (Å²) in [6, 6.07) is 5.67. The summed E-state index contributed by atoms with van der Waals surface area (Å²) in [5.74, 6) is 0.755. The van der Waals surface area contributed by atoms with Crippen LogP contribution in [-0.4, -0.2) is 42.3 Å². The number of rotatable bonds is 4. The van der Waals surface area contributed by atoms with E-state index in [0.717, 1.165) is 23.2 Å². The van der Waals surface area contributed by atoms with E-state index in [2.05, 4.69) is 24.1 Å². The van der Waals surface area contributed by atoms with Crippen molar-refractivity contribution in [2.75, 3.05) is 27.7 Å². The number of methoxy groups -OCH3 is 1. The molecule has 0 spiro atoms. The second kappa shape index (κ2) is 5.21. The van der Waals surface area contributed by atoms with E-state index >= 15 is 0 Å². The van der Waals surface area contributed by atoms with E-state index in [-0.39, 0.29) is 5.56 Å². The maximum absolute atomic E-state index is 12.5. The van der Waals surface area contributed by atoms with Gasteiger partial charge in [0.1, 0.15) is 16.8 Å². The fourth-order valence-electron chi connectivity index (χ4n) is 2.40. The van der Waals surface area contributed by atoms with Crippen LogP contribution in [0.25, 0.3) is 21.9 Å². The van der Waals surface area contributed by atoms with Crippen molar-refractivity contribution in [3.05, 3.63) is 34.9 Å². The van der Waals surface area contributed by atoms with Crippen molar-refractivity contribution in [1.29, 1.82) is 0 Å². The SMILES string of the molecule is COc1ccc2[nH]c3c(=O)n(CC[NH+](C)C)cnc3c2c1. The first-order valence-corrected chi connectivity index (χ1v) is 6.94. The van der Waals surface area contributed by atoms with E-state index in [1.54, 1.807) is 18.0 Å². The molecule has 0 bridgehead atoms. The zero-order valence-corrected chi connectivity index (χ0v) is 12.4. The minimum absolute atomic E-state index is 0.0311. The molecule has 0 aliphatic rings. The molecular formula is C15H19N4O2+. The highest BCUT2D eigenvalue weighted by Gasteiger charge is 2.12. The summed E-state index contributed by atoms with van der Waals surface area (Å²) in [7, 11) is 5.75. The lowest BCUT2D eigenvalue weighted by Gasteiger charge is -2.08. The fourth-order valence-corrected chi connectivity index (χ4v) is 2.40. The van der Waals surface area contributed by atoms with E-state index in [4.69, 9.17) is 4.74 Å². The van der Waals surface area contributed by atoms with Crippen LogP contribution in [0.2, 0.25) is 0 Å². The Labute approximate surface area is 122 Å². The average molecular weight is 287 g/mol. The van der Waals surface area contributed by atoms with Gasteiger partial charge in [0.2, 0.25) is 0 Å². The van der Waals surface area contributed by atoms with Crippen LogP contribution >= 0.6 is 0 Å². The molecule has 2 heterocycles. The minimum Gasteiger partial charge on any atom is -0.497 e. The number of hydrogen-bond acceptors (Lipinski definition) is 3. The first kappa shape index (κ1) is 13.6. The minimum atomic E-state index is -0.0311. The van der Waals surface area contributed by atoms with Gasteiger partial charge in [-0.1, -0.05) is 0 Å². The highest BCUT2D eigenvalue weighted by molar-refractivity contribution is 6.04. The Morgan fingerprint density at radius 3 is 2.90 bits per heavy atom. The molecular weight excluding hydrogens is 268 g/mol. The number of fused-ring (bicyclic) bond motifs is 3. The van der Waals surface area contributed by atoms with Crippen LogP contribution in [0.4, 0.5) is 0 Å². The standard InChI is InChI=1S/C15H18N4O2/c1-18(2)6-7-19-9-16-13-11-8-10(21-3)4-5-12(11)17-14(13)15(19)20/h4-5,8-9,17H,6-7H2,1-3H3/p+1. The smallest absolute Gasteiger partial charge is 0.277 e. The monoisotopic (exact) mass is 287 g/mol. The van der Waals surface area contributed by atoms with Crippen LogP contribution in [0.5, 0.6) is 5.75 Å². The number of aromatic nitrogens is 3. The van der Waals surface area contributed by atoms with Gasteiger partial charge in [0, 0.05) is 10.9 Å². The maximum Gasteiger partial charge on any atom is 0.277 e. The van der Waals surface area contributed by atoms with Crippen LogP contribution < -0.4 is 15.2 Å². The Bertz CT molecular complexity index is 848. The van der Waals surface area contributed by atoms with E-state index < -0.39 is 0 Å². The van der Waals surface area contributed by atoms with Crippen molar-refractivity contribution in [2.45, 2.75) is 6.54 Å². The van der Waals surface area contributed by atoms with Crippen LogP contribution in [0.1, 0.15) is 0 Å². The van der Waals surface area contributed by atoms with Crippen molar-refractivity contribution in [3.8, 4) is 5.75 Å². The molecule has 0 unspecified atom stereocenters. The summed E-state index contributed by atoms with van der Waals surface area (Å²) < 4.78 is 6.89. The summed E-state index contributed by atoms with van der Waals surface area (Å²) in [4.78, 5) is 21.4. The molecule has 0 amide bonds. The molecule has 6 nitrogen and oxygen atoms in total. The van der Waals surface area contributed by atoms with E-state index in [1.807, 2.05) is 18.2 Å². The molecule has 0 saturated heterocycles. The predicted octanol–water partition coefficient (Wildman–Crippen LogP) is 0.0309. The number of nitrogens with zero attached hydrogens (tertiary/aromatic N) is 2. The van der Waals surface area contributed by atoms with Crippen molar-refractivity contribution in [3.63, 3.8) is 0 Å². The normalized spacial score (nSPS) is 11.6. The first-order valence-electron chi connectivity index (χ1n) is 6.94. The number of quaternary nitrogens is 1. The lowest BCUT2D eigenvalue weighted by molar-refractivity contribution is -0.858. The Kier molecular flexibility index (Phi) is 3.39. The number of benzene rings is 1. The summed E-state index contributed by atoms with van der Waals surface area (Å²) in [6.07, 6.45) is 1.63. The Morgan fingerprint density at radius 1 is 1.38 bits per heavy atom. The zero-order valence-electron chi connectivity index (χ0n) is 12.4. The third-order valence-corrected chi connectivity index (χ3v) is 3.63. The number of ether oxygens (including phenoxy) is 1. The molecule has 0 atom stereocenters. The number of nitrogens with one attached hydrogen (secondary N) is 2. The maximum atomic E-state index is 12.5. The van der Waals surface area contributed by atoms with Crippen molar-refractivity contribution < 1.29 is 9.64 Å². The lowest BCUT2D eigenvalue weighted by Crippen LogP contribution is -3.06. The molecule has 0 saturated carbocycles. The second-order valence-electron chi connectivity index (χ2n) is 5.46. The molecule has 3 aromatic rings. The van der Waals surface area contributed by atoms with Gasteiger partial charge in [-0.25, -0.2) is 4.98 Å². The molecule has 0 aliphatic carbocycles. The molecule has 0 aliphatic heterocycles. The highest BCUT2D eigenvalue weighted by atomic mass is 16.5. The Balaban J connectivity index is 2.16. The molecule has 0 radical (unpaired) electrons. The summed E-state index contributed by atoms with van der Waals surface area (Å²) in [6.45, 7) is 1.53.